The van der Waals surface area contributed by atoms with Gasteiger partial charge in [-0.3, -0.25) is 4.79 Å². The summed E-state index contributed by atoms with van der Waals surface area (Å²) in [6, 6.07) is 0. The van der Waals surface area contributed by atoms with Gasteiger partial charge in [0.25, 0.3) is 5.78 Å². The minimum absolute atomic E-state index is 0.0936. The van der Waals surface area contributed by atoms with E-state index < -0.39 is 23.6 Å². The topological polar surface area (TPSA) is 100 Å². The van der Waals surface area contributed by atoms with Gasteiger partial charge in [0, 0.05) is 6.42 Å². The molecule has 0 aromatic carbocycles. The van der Waals surface area contributed by atoms with Gasteiger partial charge in [0.1, 0.15) is 0 Å². The quantitative estimate of drug-likeness (QED) is 0.225. The van der Waals surface area contributed by atoms with Gasteiger partial charge in [-0.05, 0) is 25.7 Å². The molecule has 0 aliphatic heterocycles. The van der Waals surface area contributed by atoms with Gasteiger partial charge in [0.15, 0.2) is 0 Å². The highest BCUT2D eigenvalue weighted by Crippen LogP contribution is 2.33. The fourth-order valence-electron chi connectivity index (χ4n) is 1.34. The van der Waals surface area contributed by atoms with Gasteiger partial charge in [0.05, 0.1) is 12.7 Å². The number of esters is 1. The molecule has 1 aliphatic rings. The number of ether oxygens (including phenoxy) is 1. The zero-order chi connectivity index (χ0) is 12.1. The maximum Gasteiger partial charge on any atom is 0.441 e. The fraction of sp³-hybridized carbons (Fsp3) is 0.700. The summed E-state index contributed by atoms with van der Waals surface area (Å²) < 4.78 is 4.54. The van der Waals surface area contributed by atoms with E-state index in [2.05, 4.69) is 9.53 Å². The third-order valence-electron chi connectivity index (χ3n) is 2.39. The lowest BCUT2D eigenvalue weighted by Crippen LogP contribution is -2.30. The predicted molar refractivity (Wildman–Crippen MR) is 53.6 cm³/mol. The molecule has 1 saturated carbocycles. The van der Waals surface area contributed by atoms with Crippen molar-refractivity contribution in [1.29, 1.82) is 0 Å². The standard InChI is InChI=1S/C10H14N2O4/c1-2-16-10(15)9(12-11)8(14)5-7(13)6-3-4-6/h6-7,13H,2-5H2,1H3. The van der Waals surface area contributed by atoms with E-state index in [1.54, 1.807) is 6.92 Å². The van der Waals surface area contributed by atoms with Crippen molar-refractivity contribution in [2.24, 2.45) is 5.92 Å². The van der Waals surface area contributed by atoms with Crippen LogP contribution in [0.5, 0.6) is 0 Å². The number of aliphatic hydroxyl groups is 1. The van der Waals surface area contributed by atoms with Crippen LogP contribution in [-0.4, -0.2) is 40.1 Å². The van der Waals surface area contributed by atoms with Crippen molar-refractivity contribution < 1.29 is 24.2 Å². The van der Waals surface area contributed by atoms with Crippen LogP contribution in [0.25, 0.3) is 5.53 Å². The van der Waals surface area contributed by atoms with Crippen molar-refractivity contribution in [2.45, 2.75) is 32.3 Å². The van der Waals surface area contributed by atoms with Gasteiger partial charge >= 0.3 is 11.7 Å². The van der Waals surface area contributed by atoms with Gasteiger partial charge in [-0.2, -0.15) is 4.79 Å². The molecule has 1 fully saturated rings. The van der Waals surface area contributed by atoms with Crippen LogP contribution in [0.2, 0.25) is 0 Å². The summed E-state index contributed by atoms with van der Waals surface area (Å²) >= 11 is 0. The monoisotopic (exact) mass is 226 g/mol. The fourth-order valence-corrected chi connectivity index (χ4v) is 1.34. The van der Waals surface area contributed by atoms with Crippen molar-refractivity contribution in [2.75, 3.05) is 6.61 Å². The lowest BCUT2D eigenvalue weighted by Gasteiger charge is -2.04. The average molecular weight is 226 g/mol. The van der Waals surface area contributed by atoms with Gasteiger partial charge in [0.2, 0.25) is 0 Å². The van der Waals surface area contributed by atoms with E-state index in [-0.39, 0.29) is 18.9 Å². The second kappa shape index (κ2) is 5.53. The average Bonchev–Trinajstić information content (AvgIpc) is 3.01. The molecule has 6 heteroatoms. The number of hydrogen-bond donors (Lipinski definition) is 1. The zero-order valence-corrected chi connectivity index (χ0v) is 9.05. The van der Waals surface area contributed by atoms with Crippen LogP contribution in [0.15, 0.2) is 0 Å². The molecule has 1 N–H and O–H groups in total. The molecule has 1 aliphatic carbocycles. The third kappa shape index (κ3) is 3.25. The minimum atomic E-state index is -0.960. The highest BCUT2D eigenvalue weighted by atomic mass is 16.5. The van der Waals surface area contributed by atoms with Crippen molar-refractivity contribution in [3.63, 3.8) is 0 Å². The summed E-state index contributed by atoms with van der Waals surface area (Å²) in [5.74, 6) is -1.52. The van der Waals surface area contributed by atoms with E-state index in [1.807, 2.05) is 0 Å². The molecule has 0 heterocycles. The molecule has 88 valence electrons. The van der Waals surface area contributed by atoms with Crippen molar-refractivity contribution in [1.82, 2.24) is 0 Å². The SMILES string of the molecule is CCOC(=O)C(=[N+]=[N-])C(=O)CC(O)C1CC1. The van der Waals surface area contributed by atoms with Gasteiger partial charge in [-0.1, -0.05) is 0 Å². The van der Waals surface area contributed by atoms with E-state index >= 15 is 0 Å². The molecular formula is C10H14N2O4. The first-order valence-electron chi connectivity index (χ1n) is 5.20. The first kappa shape index (κ1) is 12.5. The van der Waals surface area contributed by atoms with Crippen LogP contribution >= 0.6 is 0 Å². The van der Waals surface area contributed by atoms with Crippen molar-refractivity contribution >= 4 is 17.5 Å². The molecule has 1 atom stereocenters. The summed E-state index contributed by atoms with van der Waals surface area (Å²) in [5.41, 5.74) is 7.89. The van der Waals surface area contributed by atoms with E-state index in [1.165, 1.54) is 0 Å². The summed E-state index contributed by atoms with van der Waals surface area (Å²) in [7, 11) is 0. The number of hydrogen-bond acceptors (Lipinski definition) is 4. The first-order valence-corrected chi connectivity index (χ1v) is 5.20. The summed E-state index contributed by atoms with van der Waals surface area (Å²) in [4.78, 5) is 25.3. The Balaban J connectivity index is 2.55. The van der Waals surface area contributed by atoms with Crippen LogP contribution < -0.4 is 0 Å². The molecule has 0 bridgehead atoms. The Morgan fingerprint density at radius 1 is 1.56 bits per heavy atom. The lowest BCUT2D eigenvalue weighted by molar-refractivity contribution is -0.142. The number of nitrogens with zero attached hydrogens (tertiary/aromatic N) is 2. The highest BCUT2D eigenvalue weighted by molar-refractivity contribution is 6.62. The van der Waals surface area contributed by atoms with Crippen LogP contribution in [-0.2, 0) is 14.3 Å². The summed E-state index contributed by atoms with van der Waals surface area (Å²) in [6.45, 7) is 1.67. The molecule has 6 nitrogen and oxygen atoms in total. The second-order valence-corrected chi connectivity index (χ2v) is 3.70. The molecule has 0 radical (unpaired) electrons. The maximum atomic E-state index is 11.5. The van der Waals surface area contributed by atoms with Gasteiger partial charge < -0.3 is 15.4 Å². The van der Waals surface area contributed by atoms with E-state index in [4.69, 9.17) is 5.53 Å². The Bertz CT molecular complexity index is 343. The van der Waals surface area contributed by atoms with E-state index in [0.29, 0.717) is 0 Å². The number of Topliss-reactive ketones (excluding diaryl/α,β-unsaturated/α-hetero) is 1. The van der Waals surface area contributed by atoms with Crippen molar-refractivity contribution in [3.05, 3.63) is 5.53 Å². The Kier molecular flexibility index (Phi) is 4.34. The Labute approximate surface area is 92.8 Å². The molecule has 0 amide bonds. The lowest BCUT2D eigenvalue weighted by atomic mass is 10.1. The molecule has 1 unspecified atom stereocenters. The van der Waals surface area contributed by atoms with Crippen molar-refractivity contribution in [3.8, 4) is 0 Å². The van der Waals surface area contributed by atoms with E-state index in [9.17, 15) is 14.7 Å². The Morgan fingerprint density at radius 2 is 2.19 bits per heavy atom. The van der Waals surface area contributed by atoms with Crippen LogP contribution in [0.4, 0.5) is 0 Å². The number of carbonyl (C=O) groups is 2. The second-order valence-electron chi connectivity index (χ2n) is 3.70. The number of carbonyl (C=O) groups excluding carboxylic acids is 2. The van der Waals surface area contributed by atoms with Crippen LogP contribution in [0, 0.1) is 5.92 Å². The largest absolute Gasteiger partial charge is 0.457 e. The number of ketones is 1. The zero-order valence-electron chi connectivity index (χ0n) is 9.05. The van der Waals surface area contributed by atoms with Gasteiger partial charge in [-0.15, -0.1) is 0 Å². The summed E-state index contributed by atoms with van der Waals surface area (Å²) in [6.07, 6.45) is 0.806. The normalized spacial score (nSPS) is 16.1. The third-order valence-corrected chi connectivity index (χ3v) is 2.39. The Hall–Kier alpha value is -1.52. The molecule has 16 heavy (non-hydrogen) atoms. The molecule has 0 aromatic heterocycles. The minimum Gasteiger partial charge on any atom is -0.457 e. The number of rotatable bonds is 6. The highest BCUT2D eigenvalue weighted by Gasteiger charge is 2.37. The van der Waals surface area contributed by atoms with E-state index in [0.717, 1.165) is 12.8 Å². The van der Waals surface area contributed by atoms with Crippen LogP contribution in [0.1, 0.15) is 26.2 Å². The smallest absolute Gasteiger partial charge is 0.441 e. The van der Waals surface area contributed by atoms with Gasteiger partial charge in [-0.25, -0.2) is 4.79 Å². The Morgan fingerprint density at radius 3 is 2.62 bits per heavy atom. The molecule has 0 saturated heterocycles. The molecule has 0 aromatic rings. The summed E-state index contributed by atoms with van der Waals surface area (Å²) in [5, 5.41) is 9.51. The maximum absolute atomic E-state index is 11.5. The molecular weight excluding hydrogens is 212 g/mol. The first-order chi connectivity index (χ1) is 7.60. The molecule has 0 spiro atoms. The number of aliphatic hydroxyl groups excluding tert-OH is 1. The molecule has 1 rings (SSSR count). The van der Waals surface area contributed by atoms with Crippen LogP contribution in [0.3, 0.4) is 0 Å². The predicted octanol–water partition coefficient (Wildman–Crippen LogP) is -0.0496.